The fourth-order valence-corrected chi connectivity index (χ4v) is 4.05. The summed E-state index contributed by atoms with van der Waals surface area (Å²) >= 11 is 0. The Kier molecular flexibility index (Phi) is 8.84. The molecule has 0 radical (unpaired) electrons. The second-order valence-corrected chi connectivity index (χ2v) is 9.49. The predicted molar refractivity (Wildman–Crippen MR) is 140 cm³/mol. The van der Waals surface area contributed by atoms with Crippen LogP contribution in [0.3, 0.4) is 0 Å². The molecule has 4 rings (SSSR count). The number of phenols is 9. The number of benzene rings is 3. The van der Waals surface area contributed by atoms with Crippen LogP contribution in [0.25, 0.3) is 0 Å². The Bertz CT molecular complexity index is 1580. The quantitative estimate of drug-likeness (QED) is 0.0902. The van der Waals surface area contributed by atoms with Crippen LogP contribution in [0, 0.1) is 0 Å². The predicted octanol–water partition coefficient (Wildman–Crippen LogP) is -0.277. The van der Waals surface area contributed by atoms with Gasteiger partial charge in [-0.25, -0.2) is 14.4 Å². The molecule has 45 heavy (non-hydrogen) atoms. The average Bonchev–Trinajstić information content (AvgIpc) is 2.99. The first-order valence-electron chi connectivity index (χ1n) is 12.4. The highest BCUT2D eigenvalue weighted by Crippen LogP contribution is 2.38. The number of hydrogen-bond acceptors (Lipinski definition) is 18. The fraction of sp³-hybridized carbons (Fsp3) is 0.222. The topological polar surface area (TPSA) is 311 Å². The molecular formula is C27H24O18. The molecule has 1 heterocycles. The normalized spacial score (nSPS) is 21.1. The van der Waals surface area contributed by atoms with Crippen LogP contribution in [0.1, 0.15) is 31.1 Å². The van der Waals surface area contributed by atoms with Gasteiger partial charge < -0.3 is 75.1 Å². The third-order valence-electron chi connectivity index (χ3n) is 6.40. The lowest BCUT2D eigenvalue weighted by molar-refractivity contribution is -0.284. The number of carbonyl (C=O) groups is 3. The minimum atomic E-state index is -2.19. The molecule has 1 saturated heterocycles. The summed E-state index contributed by atoms with van der Waals surface area (Å²) in [6.07, 6.45) is -10.2. The van der Waals surface area contributed by atoms with Gasteiger partial charge in [0.2, 0.25) is 6.29 Å². The number of carbonyl (C=O) groups excluding carboxylic acids is 3. The summed E-state index contributed by atoms with van der Waals surface area (Å²) in [4.78, 5) is 38.1. The van der Waals surface area contributed by atoms with Gasteiger partial charge in [0.25, 0.3) is 0 Å². The number of aliphatic hydroxyl groups is 2. The van der Waals surface area contributed by atoms with Crippen LogP contribution in [-0.2, 0) is 18.9 Å². The molecule has 0 aromatic heterocycles. The largest absolute Gasteiger partial charge is 0.504 e. The van der Waals surface area contributed by atoms with Gasteiger partial charge in [-0.05, 0) is 36.4 Å². The van der Waals surface area contributed by atoms with Crippen LogP contribution in [0.2, 0.25) is 0 Å². The molecule has 5 atom stereocenters. The Morgan fingerprint density at radius 3 is 1.31 bits per heavy atom. The summed E-state index contributed by atoms with van der Waals surface area (Å²) in [5.41, 5.74) is -1.62. The lowest BCUT2D eigenvalue weighted by atomic mass is 9.98. The van der Waals surface area contributed by atoms with Crippen molar-refractivity contribution >= 4 is 17.9 Å². The third kappa shape index (κ3) is 6.56. The molecule has 0 spiro atoms. The van der Waals surface area contributed by atoms with E-state index in [9.17, 15) is 70.6 Å². The molecule has 0 aliphatic carbocycles. The van der Waals surface area contributed by atoms with Crippen molar-refractivity contribution in [1.29, 1.82) is 0 Å². The molecule has 1 aliphatic heterocycles. The van der Waals surface area contributed by atoms with E-state index in [0.29, 0.717) is 24.3 Å². The van der Waals surface area contributed by atoms with Gasteiger partial charge in [-0.2, -0.15) is 0 Å². The highest BCUT2D eigenvalue weighted by atomic mass is 16.7. The molecule has 11 N–H and O–H groups in total. The summed E-state index contributed by atoms with van der Waals surface area (Å²) < 4.78 is 20.6. The van der Waals surface area contributed by atoms with Crippen molar-refractivity contribution in [3.05, 3.63) is 53.1 Å². The lowest BCUT2D eigenvalue weighted by Crippen LogP contribution is -2.61. The zero-order chi connectivity index (χ0) is 33.3. The van der Waals surface area contributed by atoms with Gasteiger partial charge in [0.05, 0.1) is 16.7 Å². The number of aliphatic hydroxyl groups excluding tert-OH is 2. The Hall–Kier alpha value is -5.85. The van der Waals surface area contributed by atoms with Crippen LogP contribution >= 0.6 is 0 Å². The van der Waals surface area contributed by atoms with Crippen molar-refractivity contribution in [2.24, 2.45) is 0 Å². The van der Waals surface area contributed by atoms with E-state index < -0.39 is 124 Å². The maximum Gasteiger partial charge on any atom is 0.340 e. The molecule has 0 unspecified atom stereocenters. The number of esters is 3. The molecule has 1 fully saturated rings. The minimum Gasteiger partial charge on any atom is -0.504 e. The van der Waals surface area contributed by atoms with E-state index >= 15 is 0 Å². The summed E-state index contributed by atoms with van der Waals surface area (Å²) in [5, 5.41) is 108. The van der Waals surface area contributed by atoms with Crippen LogP contribution < -0.4 is 0 Å². The van der Waals surface area contributed by atoms with Gasteiger partial charge in [0.15, 0.2) is 64.0 Å². The van der Waals surface area contributed by atoms with E-state index in [2.05, 4.69) is 0 Å². The van der Waals surface area contributed by atoms with Gasteiger partial charge in [0, 0.05) is 0 Å². The molecule has 3 aromatic rings. The van der Waals surface area contributed by atoms with Crippen molar-refractivity contribution in [3.63, 3.8) is 0 Å². The molecule has 3 aromatic carbocycles. The molecular weight excluding hydrogens is 612 g/mol. The summed E-state index contributed by atoms with van der Waals surface area (Å²) in [6.45, 7) is -0.918. The SMILES string of the molecule is O=C(OC[C@H]1O[C@@H](OC(=O)c2cc(O)c(O)c(O)c2)[C@H](O)[C@@H](OC(=O)c2cc(O)c(O)c(O)c2)[C@@H]1O)c1cc(O)c(O)c(O)c1. The molecule has 240 valence electrons. The molecule has 18 nitrogen and oxygen atoms in total. The van der Waals surface area contributed by atoms with Crippen molar-refractivity contribution in [2.45, 2.75) is 30.7 Å². The van der Waals surface area contributed by atoms with Crippen LogP contribution in [-0.4, -0.2) is 111 Å². The van der Waals surface area contributed by atoms with E-state index in [1.54, 1.807) is 0 Å². The number of rotatable bonds is 7. The van der Waals surface area contributed by atoms with Gasteiger partial charge in [-0.15, -0.1) is 0 Å². The maximum atomic E-state index is 12.8. The third-order valence-corrected chi connectivity index (χ3v) is 6.40. The van der Waals surface area contributed by atoms with Crippen LogP contribution in [0.5, 0.6) is 51.7 Å². The molecule has 0 amide bonds. The summed E-state index contributed by atoms with van der Waals surface area (Å²) in [5.74, 6) is -12.3. The first kappa shape index (κ1) is 32.1. The first-order chi connectivity index (χ1) is 21.1. The Balaban J connectivity index is 1.59. The van der Waals surface area contributed by atoms with Gasteiger partial charge in [-0.1, -0.05) is 0 Å². The number of aromatic hydroxyl groups is 9. The second kappa shape index (κ2) is 12.4. The van der Waals surface area contributed by atoms with Crippen LogP contribution in [0.15, 0.2) is 36.4 Å². The lowest BCUT2D eigenvalue weighted by Gasteiger charge is -2.41. The Morgan fingerprint density at radius 2 is 0.911 bits per heavy atom. The first-order valence-corrected chi connectivity index (χ1v) is 12.4. The van der Waals surface area contributed by atoms with E-state index in [0.717, 1.165) is 12.1 Å². The second-order valence-electron chi connectivity index (χ2n) is 9.49. The minimum absolute atomic E-state index is 0.474. The number of phenolic OH excluding ortho intramolecular Hbond substituents is 9. The van der Waals surface area contributed by atoms with Crippen molar-refractivity contribution in [3.8, 4) is 51.7 Å². The van der Waals surface area contributed by atoms with E-state index in [4.69, 9.17) is 18.9 Å². The standard InChI is InChI=1S/C27H24O18/c28-11-1-8(2-12(29)18(11)34)24(39)42-7-17-21(37)23(44-25(40)9-3-13(30)19(35)14(31)4-9)22(38)27(43-17)45-26(41)10-5-15(32)20(36)16(33)6-10/h1-6,17,21-23,27-38H,7H2/t17-,21-,22-,23+,27+/m1/s1. The highest BCUT2D eigenvalue weighted by molar-refractivity contribution is 5.92. The Labute approximate surface area is 249 Å². The Morgan fingerprint density at radius 1 is 0.556 bits per heavy atom. The molecule has 1 aliphatic rings. The molecule has 0 saturated carbocycles. The molecule has 0 bridgehead atoms. The molecule has 18 heteroatoms. The highest BCUT2D eigenvalue weighted by Gasteiger charge is 2.49. The van der Waals surface area contributed by atoms with Crippen molar-refractivity contribution in [1.82, 2.24) is 0 Å². The number of hydrogen-bond donors (Lipinski definition) is 11. The number of ether oxygens (including phenoxy) is 4. The van der Waals surface area contributed by atoms with Crippen molar-refractivity contribution in [2.75, 3.05) is 6.61 Å². The smallest absolute Gasteiger partial charge is 0.340 e. The van der Waals surface area contributed by atoms with Gasteiger partial charge in [-0.3, -0.25) is 0 Å². The average molecular weight is 636 g/mol. The summed E-state index contributed by atoms with van der Waals surface area (Å²) in [7, 11) is 0. The van der Waals surface area contributed by atoms with Gasteiger partial charge >= 0.3 is 17.9 Å². The van der Waals surface area contributed by atoms with E-state index in [1.807, 2.05) is 0 Å². The maximum absolute atomic E-state index is 12.8. The van der Waals surface area contributed by atoms with Crippen LogP contribution in [0.4, 0.5) is 0 Å². The van der Waals surface area contributed by atoms with Gasteiger partial charge in [0.1, 0.15) is 18.8 Å². The van der Waals surface area contributed by atoms with Crippen molar-refractivity contribution < 1.29 is 89.5 Å². The van der Waals surface area contributed by atoms with E-state index in [1.165, 1.54) is 0 Å². The summed E-state index contributed by atoms with van der Waals surface area (Å²) in [6, 6.07) is 4.20. The fourth-order valence-electron chi connectivity index (χ4n) is 4.05. The zero-order valence-corrected chi connectivity index (χ0v) is 22.3. The van der Waals surface area contributed by atoms with E-state index in [-0.39, 0.29) is 0 Å². The monoisotopic (exact) mass is 636 g/mol. The zero-order valence-electron chi connectivity index (χ0n) is 22.3.